The van der Waals surface area contributed by atoms with E-state index in [9.17, 15) is 9.59 Å². The molecule has 0 saturated carbocycles. The molecule has 1 aliphatic rings. The summed E-state index contributed by atoms with van der Waals surface area (Å²) in [7, 11) is 0. The number of hydrogen-bond donors (Lipinski definition) is 0. The van der Waals surface area contributed by atoms with E-state index in [0.29, 0.717) is 19.5 Å². The normalized spacial score (nSPS) is 15.1. The average molecular weight is 364 g/mol. The van der Waals surface area contributed by atoms with Gasteiger partial charge < -0.3 is 9.80 Å². The van der Waals surface area contributed by atoms with Gasteiger partial charge in [0.15, 0.2) is 0 Å². The molecule has 2 amide bonds. The molecule has 0 spiro atoms. The summed E-state index contributed by atoms with van der Waals surface area (Å²) >= 11 is 0. The van der Waals surface area contributed by atoms with Crippen molar-refractivity contribution in [1.29, 1.82) is 0 Å². The number of amides is 2. The Labute approximate surface area is 161 Å². The highest BCUT2D eigenvalue weighted by Crippen LogP contribution is 2.17. The fourth-order valence-corrected chi connectivity index (χ4v) is 3.52. The summed E-state index contributed by atoms with van der Waals surface area (Å²) in [6.45, 7) is 1.46. The predicted octanol–water partition coefficient (Wildman–Crippen LogP) is 4.06. The number of hydrogen-bond acceptors (Lipinski definition) is 2. The van der Waals surface area contributed by atoms with Crippen molar-refractivity contribution in [2.45, 2.75) is 38.5 Å². The lowest BCUT2D eigenvalue weighted by Crippen LogP contribution is -2.44. The lowest BCUT2D eigenvalue weighted by molar-refractivity contribution is -0.135. The highest BCUT2D eigenvalue weighted by Gasteiger charge is 2.22. The van der Waals surface area contributed by atoms with Crippen LogP contribution in [0.4, 0.5) is 5.69 Å². The van der Waals surface area contributed by atoms with Crippen LogP contribution in [0.5, 0.6) is 0 Å². The van der Waals surface area contributed by atoms with Crippen molar-refractivity contribution >= 4 is 17.5 Å². The van der Waals surface area contributed by atoms with E-state index in [2.05, 4.69) is 12.1 Å². The molecule has 2 aromatic rings. The minimum absolute atomic E-state index is 0.00828. The van der Waals surface area contributed by atoms with Crippen molar-refractivity contribution in [3.63, 3.8) is 0 Å². The lowest BCUT2D eigenvalue weighted by Gasteiger charge is -2.29. The molecule has 0 aromatic heterocycles. The summed E-state index contributed by atoms with van der Waals surface area (Å²) in [5.41, 5.74) is 2.09. The maximum absolute atomic E-state index is 13.1. The van der Waals surface area contributed by atoms with Crippen molar-refractivity contribution in [2.75, 3.05) is 24.5 Å². The molecule has 0 radical (unpaired) electrons. The number of para-hydroxylation sites is 1. The predicted molar refractivity (Wildman–Crippen MR) is 109 cm³/mol. The minimum atomic E-state index is -0.00828. The van der Waals surface area contributed by atoms with Crippen LogP contribution < -0.4 is 4.90 Å². The number of likely N-dealkylation sites (tertiary alicyclic amines) is 1. The average Bonchev–Trinajstić information content (AvgIpc) is 2.69. The van der Waals surface area contributed by atoms with E-state index >= 15 is 0 Å². The minimum Gasteiger partial charge on any atom is -0.333 e. The highest BCUT2D eigenvalue weighted by atomic mass is 16.2. The molecule has 0 unspecified atom stereocenters. The molecular weight excluding hydrogens is 336 g/mol. The molecule has 2 aromatic carbocycles. The van der Waals surface area contributed by atoms with Gasteiger partial charge in [-0.2, -0.15) is 0 Å². The Morgan fingerprint density at radius 2 is 1.56 bits per heavy atom. The van der Waals surface area contributed by atoms with Gasteiger partial charge in [0.05, 0.1) is 0 Å². The zero-order valence-electron chi connectivity index (χ0n) is 15.8. The monoisotopic (exact) mass is 364 g/mol. The Morgan fingerprint density at radius 3 is 2.30 bits per heavy atom. The van der Waals surface area contributed by atoms with Crippen LogP contribution in [0, 0.1) is 0 Å². The number of nitrogens with zero attached hydrogens (tertiary/aromatic N) is 2. The number of carbonyl (C=O) groups excluding carboxylic acids is 2. The Kier molecular flexibility index (Phi) is 7.03. The molecule has 1 fully saturated rings. The molecule has 1 aliphatic heterocycles. The zero-order chi connectivity index (χ0) is 18.9. The van der Waals surface area contributed by atoms with Crippen molar-refractivity contribution in [3.05, 3.63) is 66.2 Å². The smallest absolute Gasteiger partial charge is 0.246 e. The second kappa shape index (κ2) is 9.91. The van der Waals surface area contributed by atoms with E-state index in [0.717, 1.165) is 37.8 Å². The molecule has 0 N–H and O–H groups in total. The summed E-state index contributed by atoms with van der Waals surface area (Å²) in [6, 6.07) is 19.9. The second-order valence-electron chi connectivity index (χ2n) is 7.10. The van der Waals surface area contributed by atoms with Gasteiger partial charge in [0.2, 0.25) is 11.8 Å². The fraction of sp³-hybridized carbons (Fsp3) is 0.391. The first kappa shape index (κ1) is 19.2. The van der Waals surface area contributed by atoms with E-state index in [-0.39, 0.29) is 18.4 Å². The zero-order valence-corrected chi connectivity index (χ0v) is 15.8. The quantitative estimate of drug-likeness (QED) is 0.776. The molecule has 3 rings (SSSR count). The van der Waals surface area contributed by atoms with Crippen LogP contribution in [0.3, 0.4) is 0 Å². The number of anilines is 1. The van der Waals surface area contributed by atoms with Crippen molar-refractivity contribution < 1.29 is 9.59 Å². The van der Waals surface area contributed by atoms with Crippen LogP contribution in [0.15, 0.2) is 60.7 Å². The molecule has 27 heavy (non-hydrogen) atoms. The summed E-state index contributed by atoms with van der Waals surface area (Å²) in [4.78, 5) is 29.1. The first-order valence-electron chi connectivity index (χ1n) is 9.91. The fourth-order valence-electron chi connectivity index (χ4n) is 3.52. The number of rotatable bonds is 6. The topological polar surface area (TPSA) is 40.6 Å². The van der Waals surface area contributed by atoms with Gasteiger partial charge >= 0.3 is 0 Å². The lowest BCUT2D eigenvalue weighted by atomic mass is 10.1. The first-order chi connectivity index (χ1) is 13.2. The molecule has 1 saturated heterocycles. The third kappa shape index (κ3) is 5.68. The van der Waals surface area contributed by atoms with E-state index in [1.165, 1.54) is 5.56 Å². The van der Waals surface area contributed by atoms with Gasteiger partial charge in [-0.15, -0.1) is 0 Å². The van der Waals surface area contributed by atoms with Crippen LogP contribution in [0.1, 0.15) is 37.7 Å². The van der Waals surface area contributed by atoms with Gasteiger partial charge in [0, 0.05) is 25.2 Å². The summed E-state index contributed by atoms with van der Waals surface area (Å²) in [5.74, 6) is 0.102. The van der Waals surface area contributed by atoms with E-state index in [4.69, 9.17) is 0 Å². The number of benzene rings is 2. The molecule has 4 heteroatoms. The van der Waals surface area contributed by atoms with E-state index in [1.807, 2.05) is 53.4 Å². The van der Waals surface area contributed by atoms with Crippen LogP contribution in [-0.2, 0) is 16.0 Å². The maximum atomic E-state index is 13.1. The summed E-state index contributed by atoms with van der Waals surface area (Å²) in [6.07, 6.45) is 5.50. The molecule has 0 aliphatic carbocycles. The maximum Gasteiger partial charge on any atom is 0.246 e. The van der Waals surface area contributed by atoms with Crippen LogP contribution >= 0.6 is 0 Å². The first-order valence-corrected chi connectivity index (χ1v) is 9.91. The summed E-state index contributed by atoms with van der Waals surface area (Å²) < 4.78 is 0. The van der Waals surface area contributed by atoms with Crippen LogP contribution in [0.25, 0.3) is 0 Å². The van der Waals surface area contributed by atoms with Gasteiger partial charge in [0.25, 0.3) is 0 Å². The molecule has 1 heterocycles. The van der Waals surface area contributed by atoms with Crippen LogP contribution in [0.2, 0.25) is 0 Å². The van der Waals surface area contributed by atoms with Gasteiger partial charge in [-0.05, 0) is 37.0 Å². The molecule has 0 bridgehead atoms. The second-order valence-corrected chi connectivity index (χ2v) is 7.10. The van der Waals surface area contributed by atoms with Crippen molar-refractivity contribution in [1.82, 2.24) is 4.90 Å². The summed E-state index contributed by atoms with van der Waals surface area (Å²) in [5, 5.41) is 0. The molecular formula is C23H28N2O2. The standard InChI is InChI=1S/C23H28N2O2/c26-22-15-9-1-2-10-17-24(22)19-23(27)25(21-13-7-4-8-14-21)18-16-20-11-5-3-6-12-20/h3-8,11-14H,1-2,9-10,15-19H2. The Bertz CT molecular complexity index is 731. The largest absolute Gasteiger partial charge is 0.333 e. The van der Waals surface area contributed by atoms with Gasteiger partial charge in [-0.3, -0.25) is 9.59 Å². The van der Waals surface area contributed by atoms with Gasteiger partial charge in [-0.25, -0.2) is 0 Å². The van der Waals surface area contributed by atoms with Gasteiger partial charge in [0.1, 0.15) is 6.54 Å². The van der Waals surface area contributed by atoms with E-state index < -0.39 is 0 Å². The molecule has 0 atom stereocenters. The van der Waals surface area contributed by atoms with Crippen molar-refractivity contribution in [3.8, 4) is 0 Å². The van der Waals surface area contributed by atoms with E-state index in [1.54, 1.807) is 4.90 Å². The highest BCUT2D eigenvalue weighted by molar-refractivity contribution is 5.96. The third-order valence-corrected chi connectivity index (χ3v) is 5.08. The van der Waals surface area contributed by atoms with Gasteiger partial charge in [-0.1, -0.05) is 61.4 Å². The molecule has 4 nitrogen and oxygen atoms in total. The van der Waals surface area contributed by atoms with Crippen LogP contribution in [-0.4, -0.2) is 36.3 Å². The van der Waals surface area contributed by atoms with Crippen molar-refractivity contribution in [2.24, 2.45) is 0 Å². The Morgan fingerprint density at radius 1 is 0.889 bits per heavy atom. The molecule has 142 valence electrons. The Hall–Kier alpha value is -2.62. The third-order valence-electron chi connectivity index (χ3n) is 5.08. The SMILES string of the molecule is O=C1CCCCCCN1CC(=O)N(CCc1ccccc1)c1ccccc1. The Balaban J connectivity index is 1.71. The number of carbonyl (C=O) groups is 2.